The van der Waals surface area contributed by atoms with Crippen LogP contribution in [0.1, 0.15) is 31.1 Å². The first-order chi connectivity index (χ1) is 9.31. The minimum Gasteiger partial charge on any atom is -0.480 e. The van der Waals surface area contributed by atoms with Crippen LogP contribution >= 0.6 is 15.9 Å². The Morgan fingerprint density at radius 2 is 2.05 bits per heavy atom. The number of ketones is 1. The molecule has 0 aliphatic carbocycles. The zero-order valence-electron chi connectivity index (χ0n) is 11.6. The molecule has 0 fully saturated rings. The van der Waals surface area contributed by atoms with Gasteiger partial charge in [0.1, 0.15) is 0 Å². The van der Waals surface area contributed by atoms with E-state index in [1.165, 1.54) is 19.1 Å². The molecule has 0 aromatic heterocycles. The number of hydrogen-bond acceptors (Lipinski definition) is 3. The number of rotatable bonds is 6. The van der Waals surface area contributed by atoms with Gasteiger partial charge in [0, 0.05) is 11.0 Å². The third kappa shape index (κ3) is 4.92. The van der Waals surface area contributed by atoms with Crippen molar-refractivity contribution in [2.45, 2.75) is 20.8 Å². The van der Waals surface area contributed by atoms with Crippen molar-refractivity contribution in [2.75, 3.05) is 13.2 Å². The lowest BCUT2D eigenvalue weighted by Gasteiger charge is -2.12. The summed E-state index contributed by atoms with van der Waals surface area (Å²) < 4.78 is 19.4. The maximum atomic E-state index is 13.8. The highest BCUT2D eigenvalue weighted by Crippen LogP contribution is 2.27. The van der Waals surface area contributed by atoms with Gasteiger partial charge < -0.3 is 10.1 Å². The lowest BCUT2D eigenvalue weighted by atomic mass is 10.1. The topological polar surface area (TPSA) is 55.4 Å². The van der Waals surface area contributed by atoms with E-state index in [4.69, 9.17) is 4.74 Å². The highest BCUT2D eigenvalue weighted by atomic mass is 79.9. The Morgan fingerprint density at radius 1 is 1.40 bits per heavy atom. The Bertz CT molecular complexity index is 517. The minimum atomic E-state index is -0.679. The lowest BCUT2D eigenvalue weighted by molar-refractivity contribution is -0.123. The van der Waals surface area contributed by atoms with Crippen LogP contribution in [-0.4, -0.2) is 24.8 Å². The van der Waals surface area contributed by atoms with E-state index in [1.54, 1.807) is 0 Å². The summed E-state index contributed by atoms with van der Waals surface area (Å²) in [5.41, 5.74) is 0.105. The average Bonchev–Trinajstić information content (AvgIpc) is 2.34. The van der Waals surface area contributed by atoms with Crippen LogP contribution in [0.15, 0.2) is 16.6 Å². The first kappa shape index (κ1) is 16.6. The number of Topliss-reactive ketones (excluding diaryl/α,β-unsaturated/α-hetero) is 1. The predicted molar refractivity (Wildman–Crippen MR) is 77.4 cm³/mol. The summed E-state index contributed by atoms with van der Waals surface area (Å²) in [7, 11) is 0. The van der Waals surface area contributed by atoms with Crippen LogP contribution in [0.5, 0.6) is 5.75 Å². The first-order valence-electron chi connectivity index (χ1n) is 6.20. The number of carbonyl (C=O) groups is 2. The average molecular weight is 346 g/mol. The zero-order valence-corrected chi connectivity index (χ0v) is 13.2. The molecule has 1 rings (SSSR count). The largest absolute Gasteiger partial charge is 0.480 e. The fourth-order valence-corrected chi connectivity index (χ4v) is 1.91. The number of benzene rings is 1. The normalized spacial score (nSPS) is 10.5. The number of carbonyl (C=O) groups excluding carboxylic acids is 2. The van der Waals surface area contributed by atoms with Crippen molar-refractivity contribution >= 4 is 27.6 Å². The van der Waals surface area contributed by atoms with Crippen LogP contribution in [0.3, 0.4) is 0 Å². The van der Waals surface area contributed by atoms with Crippen molar-refractivity contribution in [3.63, 3.8) is 0 Å². The Labute approximate surface area is 125 Å². The summed E-state index contributed by atoms with van der Waals surface area (Å²) in [5, 5.41) is 2.65. The van der Waals surface area contributed by atoms with Gasteiger partial charge in [-0.05, 0) is 25.0 Å². The molecular formula is C14H17BrFNO3. The molecule has 0 aliphatic rings. The molecule has 1 N–H and O–H groups in total. The molecule has 6 heteroatoms. The van der Waals surface area contributed by atoms with Crippen molar-refractivity contribution in [2.24, 2.45) is 5.92 Å². The number of halogens is 2. The molecule has 0 unspecified atom stereocenters. The molecule has 0 heterocycles. The maximum Gasteiger partial charge on any atom is 0.257 e. The van der Waals surface area contributed by atoms with E-state index in [-0.39, 0.29) is 29.6 Å². The highest BCUT2D eigenvalue weighted by Gasteiger charge is 2.16. The van der Waals surface area contributed by atoms with E-state index in [2.05, 4.69) is 21.2 Å². The van der Waals surface area contributed by atoms with Gasteiger partial charge in [0.2, 0.25) is 0 Å². The van der Waals surface area contributed by atoms with E-state index in [1.807, 2.05) is 13.8 Å². The van der Waals surface area contributed by atoms with E-state index in [9.17, 15) is 14.0 Å². The number of amides is 1. The van der Waals surface area contributed by atoms with Crippen molar-refractivity contribution in [3.8, 4) is 5.75 Å². The van der Waals surface area contributed by atoms with E-state index >= 15 is 0 Å². The second kappa shape index (κ2) is 7.38. The fourth-order valence-electron chi connectivity index (χ4n) is 1.48. The SMILES string of the molecule is CC(=O)c1cc(Br)cc(F)c1OCC(=O)NCC(C)C. The molecule has 1 aromatic carbocycles. The molecule has 20 heavy (non-hydrogen) atoms. The van der Waals surface area contributed by atoms with E-state index < -0.39 is 5.82 Å². The van der Waals surface area contributed by atoms with Crippen LogP contribution in [0.25, 0.3) is 0 Å². The fraction of sp³-hybridized carbons (Fsp3) is 0.429. The van der Waals surface area contributed by atoms with Crippen LogP contribution in [0.4, 0.5) is 4.39 Å². The van der Waals surface area contributed by atoms with E-state index in [0.29, 0.717) is 16.9 Å². The van der Waals surface area contributed by atoms with Gasteiger partial charge in [-0.15, -0.1) is 0 Å². The first-order valence-corrected chi connectivity index (χ1v) is 7.00. The second-order valence-corrected chi connectivity index (χ2v) is 5.72. The monoisotopic (exact) mass is 345 g/mol. The zero-order chi connectivity index (χ0) is 15.3. The third-order valence-electron chi connectivity index (χ3n) is 2.44. The summed E-state index contributed by atoms with van der Waals surface area (Å²) >= 11 is 3.11. The predicted octanol–water partition coefficient (Wildman–Crippen LogP) is 2.94. The summed E-state index contributed by atoms with van der Waals surface area (Å²) in [6.45, 7) is 5.43. The van der Waals surface area contributed by atoms with Gasteiger partial charge in [-0.3, -0.25) is 9.59 Å². The molecule has 0 saturated carbocycles. The van der Waals surface area contributed by atoms with Crippen LogP contribution in [0, 0.1) is 11.7 Å². The third-order valence-corrected chi connectivity index (χ3v) is 2.90. The van der Waals surface area contributed by atoms with Gasteiger partial charge in [-0.2, -0.15) is 0 Å². The minimum absolute atomic E-state index is 0.105. The Morgan fingerprint density at radius 3 is 2.60 bits per heavy atom. The molecule has 1 aromatic rings. The van der Waals surface area contributed by atoms with Crippen molar-refractivity contribution in [1.82, 2.24) is 5.32 Å². The molecule has 0 spiro atoms. The molecule has 4 nitrogen and oxygen atoms in total. The lowest BCUT2D eigenvalue weighted by Crippen LogP contribution is -2.32. The van der Waals surface area contributed by atoms with Gasteiger partial charge >= 0.3 is 0 Å². The van der Waals surface area contributed by atoms with Crippen LogP contribution < -0.4 is 10.1 Å². The van der Waals surface area contributed by atoms with Gasteiger partial charge in [-0.25, -0.2) is 4.39 Å². The molecule has 0 atom stereocenters. The number of hydrogen-bond donors (Lipinski definition) is 1. The van der Waals surface area contributed by atoms with Crippen LogP contribution in [0.2, 0.25) is 0 Å². The van der Waals surface area contributed by atoms with Crippen molar-refractivity contribution in [1.29, 1.82) is 0 Å². The second-order valence-electron chi connectivity index (χ2n) is 4.81. The quantitative estimate of drug-likeness (QED) is 0.806. The standard InChI is InChI=1S/C14H17BrFNO3/c1-8(2)6-17-13(19)7-20-14-11(9(3)18)4-10(15)5-12(14)16/h4-5,8H,6-7H2,1-3H3,(H,17,19). The Balaban J connectivity index is 2.77. The van der Waals surface area contributed by atoms with Gasteiger partial charge in [0.25, 0.3) is 5.91 Å². The number of ether oxygens (including phenoxy) is 1. The van der Waals surface area contributed by atoms with E-state index in [0.717, 1.165) is 0 Å². The summed E-state index contributed by atoms with van der Waals surface area (Å²) in [6, 6.07) is 2.65. The Hall–Kier alpha value is -1.43. The molecule has 0 radical (unpaired) electrons. The molecular weight excluding hydrogens is 329 g/mol. The summed E-state index contributed by atoms with van der Waals surface area (Å²) in [5.74, 6) is -1.24. The Kier molecular flexibility index (Phi) is 6.13. The van der Waals surface area contributed by atoms with Crippen molar-refractivity contribution < 1.29 is 18.7 Å². The maximum absolute atomic E-state index is 13.8. The van der Waals surface area contributed by atoms with Gasteiger partial charge in [0.15, 0.2) is 24.0 Å². The smallest absolute Gasteiger partial charge is 0.257 e. The van der Waals surface area contributed by atoms with Gasteiger partial charge in [-0.1, -0.05) is 29.8 Å². The van der Waals surface area contributed by atoms with Crippen LogP contribution in [-0.2, 0) is 4.79 Å². The molecule has 0 saturated heterocycles. The van der Waals surface area contributed by atoms with Gasteiger partial charge in [0.05, 0.1) is 5.56 Å². The molecule has 0 bridgehead atoms. The molecule has 0 aliphatic heterocycles. The summed E-state index contributed by atoms with van der Waals surface area (Å²) in [4.78, 5) is 23.0. The highest BCUT2D eigenvalue weighted by molar-refractivity contribution is 9.10. The molecule has 1 amide bonds. The molecule has 110 valence electrons. The number of nitrogens with one attached hydrogen (secondary N) is 1. The summed E-state index contributed by atoms with van der Waals surface area (Å²) in [6.07, 6.45) is 0. The van der Waals surface area contributed by atoms with Crippen molar-refractivity contribution in [3.05, 3.63) is 28.0 Å².